The van der Waals surface area contributed by atoms with Crippen LogP contribution in [0, 0.1) is 0 Å². The minimum atomic E-state index is -0.350. The van der Waals surface area contributed by atoms with E-state index in [9.17, 15) is 4.79 Å². The van der Waals surface area contributed by atoms with Gasteiger partial charge in [-0.05, 0) is 5.56 Å². The lowest BCUT2D eigenvalue weighted by atomic mass is 10.2. The van der Waals surface area contributed by atoms with E-state index in [0.29, 0.717) is 0 Å². The molecule has 0 spiro atoms. The quantitative estimate of drug-likeness (QED) is 0.437. The number of hydrogen-bond acceptors (Lipinski definition) is 2. The minimum absolute atomic E-state index is 0.350. The van der Waals surface area contributed by atoms with Crippen molar-refractivity contribution in [2.24, 2.45) is 0 Å². The zero-order valence-corrected chi connectivity index (χ0v) is 9.17. The Kier molecular flexibility index (Phi) is 5.42. The first-order valence-electron chi connectivity index (χ1n) is 4.97. The van der Waals surface area contributed by atoms with Crippen LogP contribution in [0.15, 0.2) is 60.7 Å². The molecule has 0 aliphatic carbocycles. The molecule has 1 aromatic rings. The molecule has 0 radical (unpaired) electrons. The van der Waals surface area contributed by atoms with Gasteiger partial charge in [-0.3, -0.25) is 0 Å². The highest BCUT2D eigenvalue weighted by Crippen LogP contribution is 2.00. The Morgan fingerprint density at radius 2 is 1.75 bits per heavy atom. The van der Waals surface area contributed by atoms with Gasteiger partial charge in [0.1, 0.15) is 0 Å². The highest BCUT2D eigenvalue weighted by Gasteiger charge is 1.85. The summed E-state index contributed by atoms with van der Waals surface area (Å²) in [6.45, 7) is 0. The van der Waals surface area contributed by atoms with Gasteiger partial charge in [-0.2, -0.15) is 0 Å². The van der Waals surface area contributed by atoms with Crippen molar-refractivity contribution in [1.29, 1.82) is 0 Å². The van der Waals surface area contributed by atoms with Gasteiger partial charge in [-0.25, -0.2) is 4.79 Å². The molecule has 0 aliphatic heterocycles. The summed E-state index contributed by atoms with van der Waals surface area (Å²) in [6.07, 6.45) is 10.5. The van der Waals surface area contributed by atoms with E-state index in [-0.39, 0.29) is 5.97 Å². The number of allylic oxidation sites excluding steroid dienone is 4. The molecule has 0 amide bonds. The van der Waals surface area contributed by atoms with Crippen molar-refractivity contribution in [1.82, 2.24) is 0 Å². The molecule has 0 N–H and O–H groups in total. The van der Waals surface area contributed by atoms with Gasteiger partial charge in [-0.1, -0.05) is 60.7 Å². The molecule has 16 heavy (non-hydrogen) atoms. The molecule has 2 heteroatoms. The molecule has 0 saturated carbocycles. The number of rotatable bonds is 4. The third-order valence-corrected chi connectivity index (χ3v) is 1.86. The lowest BCUT2D eigenvalue weighted by molar-refractivity contribution is -0.134. The molecular formula is C14H14O2. The standard InChI is InChI=1S/C14H14O2/c1-16-14(15)12-8-3-2-5-9-13-10-6-4-7-11-13/h2-12H,1H3. The number of carbonyl (C=O) groups excluding carboxylic acids is 1. The van der Waals surface area contributed by atoms with Crippen LogP contribution in [0.3, 0.4) is 0 Å². The van der Waals surface area contributed by atoms with E-state index < -0.39 is 0 Å². The molecule has 0 aliphatic rings. The minimum Gasteiger partial charge on any atom is -0.466 e. The smallest absolute Gasteiger partial charge is 0.330 e. The summed E-state index contributed by atoms with van der Waals surface area (Å²) < 4.78 is 4.45. The Balaban J connectivity index is 2.40. The average molecular weight is 214 g/mol. The maximum absolute atomic E-state index is 10.7. The van der Waals surface area contributed by atoms with E-state index >= 15 is 0 Å². The molecule has 0 heterocycles. The Hall–Kier alpha value is -2.09. The predicted octanol–water partition coefficient (Wildman–Crippen LogP) is 2.99. The SMILES string of the molecule is COC(=O)C=CC=CC=Cc1ccccc1. The van der Waals surface area contributed by atoms with Crippen LogP contribution in [-0.4, -0.2) is 13.1 Å². The monoisotopic (exact) mass is 214 g/mol. The van der Waals surface area contributed by atoms with Crippen LogP contribution in [0.25, 0.3) is 6.08 Å². The number of benzene rings is 1. The van der Waals surface area contributed by atoms with Crippen molar-refractivity contribution in [2.45, 2.75) is 0 Å². The zero-order valence-electron chi connectivity index (χ0n) is 9.17. The average Bonchev–Trinajstić information content (AvgIpc) is 2.34. The van der Waals surface area contributed by atoms with Crippen molar-refractivity contribution in [3.05, 3.63) is 66.3 Å². The van der Waals surface area contributed by atoms with Gasteiger partial charge in [-0.15, -0.1) is 0 Å². The highest BCUT2D eigenvalue weighted by molar-refractivity contribution is 5.82. The maximum atomic E-state index is 10.7. The third-order valence-electron chi connectivity index (χ3n) is 1.86. The summed E-state index contributed by atoms with van der Waals surface area (Å²) in [6, 6.07) is 10.00. The fourth-order valence-corrected chi connectivity index (χ4v) is 1.06. The van der Waals surface area contributed by atoms with Gasteiger partial charge in [0.15, 0.2) is 0 Å². The van der Waals surface area contributed by atoms with E-state index in [4.69, 9.17) is 0 Å². The van der Waals surface area contributed by atoms with Gasteiger partial charge < -0.3 is 4.74 Å². The van der Waals surface area contributed by atoms with Gasteiger partial charge in [0.05, 0.1) is 7.11 Å². The Bertz CT molecular complexity index is 400. The van der Waals surface area contributed by atoms with Crippen molar-refractivity contribution in [3.63, 3.8) is 0 Å². The fraction of sp³-hybridized carbons (Fsp3) is 0.0714. The van der Waals surface area contributed by atoms with Crippen LogP contribution in [0.5, 0.6) is 0 Å². The van der Waals surface area contributed by atoms with Crippen molar-refractivity contribution in [3.8, 4) is 0 Å². The van der Waals surface area contributed by atoms with Crippen LogP contribution in [0.4, 0.5) is 0 Å². The molecule has 1 aromatic carbocycles. The number of esters is 1. The second-order valence-electron chi connectivity index (χ2n) is 3.04. The van der Waals surface area contributed by atoms with Gasteiger partial charge >= 0.3 is 5.97 Å². The normalized spacial score (nSPS) is 11.6. The summed E-state index contributed by atoms with van der Waals surface area (Å²) in [7, 11) is 1.35. The van der Waals surface area contributed by atoms with E-state index in [1.807, 2.05) is 48.6 Å². The third kappa shape index (κ3) is 4.96. The second kappa shape index (κ2) is 7.23. The van der Waals surface area contributed by atoms with E-state index in [1.165, 1.54) is 13.2 Å². The van der Waals surface area contributed by atoms with E-state index in [0.717, 1.165) is 5.56 Å². The van der Waals surface area contributed by atoms with Crippen molar-refractivity contribution in [2.75, 3.05) is 7.11 Å². The van der Waals surface area contributed by atoms with Crippen LogP contribution in [-0.2, 0) is 9.53 Å². The number of methoxy groups -OCH3 is 1. The maximum Gasteiger partial charge on any atom is 0.330 e. The Morgan fingerprint density at radius 1 is 1.06 bits per heavy atom. The van der Waals surface area contributed by atoms with E-state index in [2.05, 4.69) is 4.74 Å². The molecule has 0 unspecified atom stereocenters. The highest BCUT2D eigenvalue weighted by atomic mass is 16.5. The van der Waals surface area contributed by atoms with Crippen LogP contribution >= 0.6 is 0 Å². The topological polar surface area (TPSA) is 26.3 Å². The molecule has 0 atom stereocenters. The molecule has 0 bridgehead atoms. The molecular weight excluding hydrogens is 200 g/mol. The molecule has 2 nitrogen and oxygen atoms in total. The van der Waals surface area contributed by atoms with Crippen molar-refractivity contribution < 1.29 is 9.53 Å². The largest absolute Gasteiger partial charge is 0.466 e. The number of hydrogen-bond donors (Lipinski definition) is 0. The molecule has 0 fully saturated rings. The van der Waals surface area contributed by atoms with Crippen LogP contribution < -0.4 is 0 Å². The number of carbonyl (C=O) groups is 1. The molecule has 82 valence electrons. The van der Waals surface area contributed by atoms with Gasteiger partial charge in [0.25, 0.3) is 0 Å². The Labute approximate surface area is 95.6 Å². The summed E-state index contributed by atoms with van der Waals surface area (Å²) in [5.41, 5.74) is 1.14. The lowest BCUT2D eigenvalue weighted by Crippen LogP contribution is -1.92. The number of ether oxygens (including phenoxy) is 1. The van der Waals surface area contributed by atoms with Gasteiger partial charge in [0, 0.05) is 6.08 Å². The van der Waals surface area contributed by atoms with E-state index in [1.54, 1.807) is 12.2 Å². The first-order valence-corrected chi connectivity index (χ1v) is 4.97. The first-order chi connectivity index (χ1) is 7.83. The predicted molar refractivity (Wildman–Crippen MR) is 65.8 cm³/mol. The molecule has 0 saturated heterocycles. The van der Waals surface area contributed by atoms with Crippen LogP contribution in [0.2, 0.25) is 0 Å². The lowest BCUT2D eigenvalue weighted by Gasteiger charge is -1.88. The Morgan fingerprint density at radius 3 is 2.44 bits per heavy atom. The fourth-order valence-electron chi connectivity index (χ4n) is 1.06. The summed E-state index contributed by atoms with van der Waals surface area (Å²) in [4.78, 5) is 10.7. The van der Waals surface area contributed by atoms with Gasteiger partial charge in [0.2, 0.25) is 0 Å². The zero-order chi connectivity index (χ0) is 11.6. The van der Waals surface area contributed by atoms with Crippen molar-refractivity contribution >= 4 is 12.0 Å². The summed E-state index contributed by atoms with van der Waals surface area (Å²) in [5.74, 6) is -0.350. The second-order valence-corrected chi connectivity index (χ2v) is 3.04. The molecule has 0 aromatic heterocycles. The summed E-state index contributed by atoms with van der Waals surface area (Å²) >= 11 is 0. The first kappa shape index (κ1) is 12.0. The summed E-state index contributed by atoms with van der Waals surface area (Å²) in [5, 5.41) is 0. The molecule has 1 rings (SSSR count). The van der Waals surface area contributed by atoms with Crippen LogP contribution in [0.1, 0.15) is 5.56 Å².